The van der Waals surface area contributed by atoms with Gasteiger partial charge in [-0.25, -0.2) is 0 Å². The second kappa shape index (κ2) is 4.36. The third kappa shape index (κ3) is 1.96. The topological polar surface area (TPSA) is 0 Å². The monoisotopic (exact) mass is 312 g/mol. The summed E-state index contributed by atoms with van der Waals surface area (Å²) in [5, 5.41) is 0. The average molecular weight is 312 g/mol. The molecule has 1 aliphatic carbocycles. The van der Waals surface area contributed by atoms with Crippen LogP contribution in [0.2, 0.25) is 0 Å². The predicted molar refractivity (Wildman–Crippen MR) is 73.5 cm³/mol. The summed E-state index contributed by atoms with van der Waals surface area (Å²) in [6, 6.07) is 8.34. The van der Waals surface area contributed by atoms with Crippen molar-refractivity contribution in [2.75, 3.05) is 0 Å². The molecule has 2 rings (SSSR count). The molecule has 0 nitrogen and oxygen atoms in total. The van der Waals surface area contributed by atoms with Crippen LogP contribution in [-0.2, 0) is 0 Å². The zero-order chi connectivity index (χ0) is 9.97. The molecule has 0 heterocycles. The highest BCUT2D eigenvalue weighted by atomic mass is 127. The Morgan fingerprint density at radius 1 is 1.21 bits per heavy atom. The molecule has 0 aromatic heterocycles. The maximum absolute atomic E-state index is 5.35. The van der Waals surface area contributed by atoms with Gasteiger partial charge in [0.1, 0.15) is 0 Å². The van der Waals surface area contributed by atoms with Gasteiger partial charge in [0.25, 0.3) is 0 Å². The highest BCUT2D eigenvalue weighted by molar-refractivity contribution is 14.1. The summed E-state index contributed by atoms with van der Waals surface area (Å²) < 4.78 is 1.26. The van der Waals surface area contributed by atoms with Gasteiger partial charge in [-0.05, 0) is 39.8 Å². The quantitative estimate of drug-likeness (QED) is 0.558. The number of hydrogen-bond acceptors (Lipinski definition) is 1. The van der Waals surface area contributed by atoms with E-state index in [2.05, 4.69) is 59.0 Å². The first-order valence-corrected chi connectivity index (χ1v) is 5.92. The van der Waals surface area contributed by atoms with Crippen LogP contribution >= 0.6 is 34.8 Å². The van der Waals surface area contributed by atoms with Crippen molar-refractivity contribution in [3.05, 3.63) is 51.6 Å². The molecule has 0 atom stereocenters. The zero-order valence-electron chi connectivity index (χ0n) is 7.53. The van der Waals surface area contributed by atoms with Crippen LogP contribution in [0.25, 0.3) is 5.57 Å². The van der Waals surface area contributed by atoms with Gasteiger partial charge in [-0.15, -0.1) is 0 Å². The maximum Gasteiger partial charge on any atom is 0.0268 e. The molecule has 0 fully saturated rings. The van der Waals surface area contributed by atoms with Crippen LogP contribution in [-0.4, -0.2) is 4.86 Å². The van der Waals surface area contributed by atoms with Crippen molar-refractivity contribution in [3.63, 3.8) is 0 Å². The summed E-state index contributed by atoms with van der Waals surface area (Å²) >= 11 is 7.69. The first kappa shape index (κ1) is 10.1. The van der Waals surface area contributed by atoms with E-state index >= 15 is 0 Å². The second-order valence-electron chi connectivity index (χ2n) is 3.12. The number of halogens is 1. The van der Waals surface area contributed by atoms with Crippen LogP contribution in [0, 0.1) is 3.57 Å². The van der Waals surface area contributed by atoms with E-state index in [0.29, 0.717) is 0 Å². The van der Waals surface area contributed by atoms with Gasteiger partial charge in [-0.2, -0.15) is 0 Å². The minimum absolute atomic E-state index is 0.895. The minimum Gasteiger partial charge on any atom is -0.0839 e. The van der Waals surface area contributed by atoms with Crippen molar-refractivity contribution in [1.82, 2.24) is 0 Å². The van der Waals surface area contributed by atoms with Gasteiger partial charge < -0.3 is 0 Å². The molecule has 0 N–H and O–H groups in total. The molecular weight excluding hydrogens is 303 g/mol. The fourth-order valence-electron chi connectivity index (χ4n) is 1.46. The molecule has 14 heavy (non-hydrogen) atoms. The lowest BCUT2D eigenvalue weighted by Crippen LogP contribution is -2.01. The molecule has 1 aromatic rings. The molecule has 0 saturated carbocycles. The number of hydrogen-bond donors (Lipinski definition) is 0. The largest absolute Gasteiger partial charge is 0.0839 e. The molecule has 0 bridgehead atoms. The van der Waals surface area contributed by atoms with Crippen LogP contribution in [0.4, 0.5) is 0 Å². The van der Waals surface area contributed by atoms with Crippen molar-refractivity contribution in [1.29, 1.82) is 0 Å². The van der Waals surface area contributed by atoms with Gasteiger partial charge >= 0.3 is 0 Å². The first-order valence-electron chi connectivity index (χ1n) is 4.44. The summed E-state index contributed by atoms with van der Waals surface area (Å²) in [6.07, 6.45) is 7.17. The predicted octanol–water partition coefficient (Wildman–Crippen LogP) is 4.00. The molecular formula is C12H9IS. The number of rotatable bonds is 1. The van der Waals surface area contributed by atoms with Crippen molar-refractivity contribution in [2.45, 2.75) is 6.42 Å². The summed E-state index contributed by atoms with van der Waals surface area (Å²) in [5.41, 5.74) is 2.45. The molecule has 70 valence electrons. The molecule has 2 heteroatoms. The Labute approximate surface area is 103 Å². The fourth-order valence-corrected chi connectivity index (χ4v) is 2.41. The van der Waals surface area contributed by atoms with E-state index in [1.54, 1.807) is 0 Å². The maximum atomic E-state index is 5.35. The fraction of sp³-hybridized carbons (Fsp3) is 0.0833. The highest BCUT2D eigenvalue weighted by Crippen LogP contribution is 2.25. The molecule has 1 aromatic carbocycles. The Morgan fingerprint density at radius 3 is 2.71 bits per heavy atom. The van der Waals surface area contributed by atoms with Gasteiger partial charge in [0.05, 0.1) is 0 Å². The Bertz CT molecular complexity index is 430. The van der Waals surface area contributed by atoms with Crippen molar-refractivity contribution < 1.29 is 0 Å². The van der Waals surface area contributed by atoms with E-state index in [1.165, 1.54) is 14.7 Å². The molecule has 0 spiro atoms. The van der Waals surface area contributed by atoms with Crippen molar-refractivity contribution >= 4 is 45.2 Å². The van der Waals surface area contributed by atoms with E-state index in [4.69, 9.17) is 12.2 Å². The summed E-state index contributed by atoms with van der Waals surface area (Å²) in [7, 11) is 0. The normalized spacial score (nSPS) is 15.5. The van der Waals surface area contributed by atoms with Gasteiger partial charge in [-0.3, -0.25) is 0 Å². The van der Waals surface area contributed by atoms with Crippen LogP contribution in [0.15, 0.2) is 42.5 Å². The van der Waals surface area contributed by atoms with E-state index < -0.39 is 0 Å². The van der Waals surface area contributed by atoms with Crippen LogP contribution in [0.1, 0.15) is 12.0 Å². The van der Waals surface area contributed by atoms with E-state index in [-0.39, 0.29) is 0 Å². The Balaban J connectivity index is 2.49. The molecule has 0 radical (unpaired) electrons. The van der Waals surface area contributed by atoms with Crippen LogP contribution < -0.4 is 0 Å². The summed E-state index contributed by atoms with van der Waals surface area (Å²) in [6.45, 7) is 0. The lowest BCUT2D eigenvalue weighted by Gasteiger charge is -2.12. The summed E-state index contributed by atoms with van der Waals surface area (Å²) in [4.78, 5) is 1.04. The van der Waals surface area contributed by atoms with Gasteiger partial charge in [0.2, 0.25) is 0 Å². The van der Waals surface area contributed by atoms with E-state index in [1.807, 2.05) is 6.07 Å². The SMILES string of the molecule is S=C1CC=CC=C1c1ccccc1I. The number of benzene rings is 1. The summed E-state index contributed by atoms with van der Waals surface area (Å²) in [5.74, 6) is 0. The third-order valence-corrected chi connectivity index (χ3v) is 3.49. The Morgan fingerprint density at radius 2 is 2.00 bits per heavy atom. The third-order valence-electron chi connectivity index (χ3n) is 2.17. The molecule has 1 aliphatic rings. The van der Waals surface area contributed by atoms with E-state index in [0.717, 1.165) is 11.3 Å². The van der Waals surface area contributed by atoms with Crippen LogP contribution in [0.5, 0.6) is 0 Å². The number of thiocarbonyl (C=S) groups is 1. The standard InChI is InChI=1S/C12H9IS/c13-11-7-3-1-5-9(11)10-6-2-4-8-12(10)14/h1-7H,8H2. The number of allylic oxidation sites excluding steroid dienone is 4. The molecule has 0 amide bonds. The van der Waals surface area contributed by atoms with Gasteiger partial charge in [0, 0.05) is 14.9 Å². The van der Waals surface area contributed by atoms with Crippen molar-refractivity contribution in [3.8, 4) is 0 Å². The Hall–Kier alpha value is -0.480. The van der Waals surface area contributed by atoms with Gasteiger partial charge in [0.15, 0.2) is 0 Å². The lowest BCUT2D eigenvalue weighted by molar-refractivity contribution is 1.48. The average Bonchev–Trinajstić information content (AvgIpc) is 2.20. The smallest absolute Gasteiger partial charge is 0.0268 e. The van der Waals surface area contributed by atoms with E-state index in [9.17, 15) is 0 Å². The second-order valence-corrected chi connectivity index (χ2v) is 4.77. The molecule has 0 saturated heterocycles. The molecule has 0 unspecified atom stereocenters. The van der Waals surface area contributed by atoms with Crippen LogP contribution in [0.3, 0.4) is 0 Å². The minimum atomic E-state index is 0.895. The molecule has 0 aliphatic heterocycles. The van der Waals surface area contributed by atoms with Crippen molar-refractivity contribution in [2.24, 2.45) is 0 Å². The lowest BCUT2D eigenvalue weighted by atomic mass is 9.97. The first-order chi connectivity index (χ1) is 6.79. The van der Waals surface area contributed by atoms with Gasteiger partial charge in [-0.1, -0.05) is 48.6 Å². The zero-order valence-corrected chi connectivity index (χ0v) is 10.5. The Kier molecular flexibility index (Phi) is 3.13. The highest BCUT2D eigenvalue weighted by Gasteiger charge is 2.10.